The van der Waals surface area contributed by atoms with Crippen LogP contribution in [-0.2, 0) is 9.53 Å². The lowest BCUT2D eigenvalue weighted by Crippen LogP contribution is -2.44. The van der Waals surface area contributed by atoms with Gasteiger partial charge in [0.1, 0.15) is 6.10 Å². The minimum Gasteiger partial charge on any atom is -0.462 e. The molecule has 8 atom stereocenters. The smallest absolute Gasteiger partial charge is 0.309 e. The van der Waals surface area contributed by atoms with Gasteiger partial charge in [0.15, 0.2) is 0 Å². The third-order valence-electron chi connectivity index (χ3n) is 7.97. The quantitative estimate of drug-likeness (QED) is 0.548. The lowest BCUT2D eigenvalue weighted by molar-refractivity contribution is -0.144. The van der Waals surface area contributed by atoms with Gasteiger partial charge >= 0.3 is 5.97 Å². The number of carbonyl (C=O) groups excluding carboxylic acids is 1. The van der Waals surface area contributed by atoms with Crippen LogP contribution in [0.4, 0.5) is 0 Å². The van der Waals surface area contributed by atoms with Crippen LogP contribution >= 0.6 is 0 Å². The highest BCUT2D eigenvalue weighted by atomic mass is 16.6. The first-order valence-electron chi connectivity index (χ1n) is 10.7. The Morgan fingerprint density at radius 3 is 2.68 bits per heavy atom. The molecule has 0 spiro atoms. The molecule has 2 aliphatic heterocycles. The van der Waals surface area contributed by atoms with Crippen molar-refractivity contribution in [1.82, 2.24) is 4.90 Å². The van der Waals surface area contributed by atoms with Gasteiger partial charge in [-0.15, -0.1) is 0 Å². The number of likely N-dealkylation sites (tertiary alicyclic amines) is 1. The molecule has 4 rings (SSSR count). The number of carbonyl (C=O) groups is 1. The number of hydrogen-bond acceptors (Lipinski definition) is 3. The van der Waals surface area contributed by atoms with Gasteiger partial charge in [-0.3, -0.25) is 9.69 Å². The van der Waals surface area contributed by atoms with E-state index in [0.29, 0.717) is 23.9 Å². The Hall–Kier alpha value is -0.830. The van der Waals surface area contributed by atoms with Crippen LogP contribution in [0.15, 0.2) is 12.2 Å². The first-order valence-corrected chi connectivity index (χ1v) is 10.7. The fraction of sp³-hybridized carbons (Fsp3) is 0.864. The highest BCUT2D eigenvalue weighted by Gasteiger charge is 2.53. The van der Waals surface area contributed by atoms with Gasteiger partial charge in [0.05, 0.1) is 5.92 Å². The SMILES string of the molecule is C[C@@H]1CCCC(C=C[C@H]2[C@@H]3CCCC[C@H]3C[C@H]3C(=O)O[C@H](C)[C@@H]23)N1C. The number of piperidine rings is 1. The number of fused-ring (bicyclic) bond motifs is 2. The lowest BCUT2D eigenvalue weighted by Gasteiger charge is -2.46. The van der Waals surface area contributed by atoms with Crippen molar-refractivity contribution in [3.05, 3.63) is 12.2 Å². The molecule has 0 N–H and O–H groups in total. The van der Waals surface area contributed by atoms with Gasteiger partial charge in [0.25, 0.3) is 0 Å². The summed E-state index contributed by atoms with van der Waals surface area (Å²) in [5, 5.41) is 0. The Kier molecular flexibility index (Phi) is 4.96. The number of hydrogen-bond donors (Lipinski definition) is 0. The lowest BCUT2D eigenvalue weighted by atomic mass is 9.57. The van der Waals surface area contributed by atoms with E-state index in [1.54, 1.807) is 0 Å². The number of allylic oxidation sites excluding steroid dienone is 1. The van der Waals surface area contributed by atoms with Gasteiger partial charge in [-0.1, -0.05) is 37.8 Å². The fourth-order valence-electron chi connectivity index (χ4n) is 6.43. The van der Waals surface area contributed by atoms with E-state index >= 15 is 0 Å². The molecule has 4 fully saturated rings. The molecule has 2 saturated heterocycles. The summed E-state index contributed by atoms with van der Waals surface area (Å²) in [4.78, 5) is 14.9. The molecule has 4 aliphatic rings. The molecular formula is C22H35NO2. The molecule has 2 aliphatic carbocycles. The molecule has 3 heteroatoms. The summed E-state index contributed by atoms with van der Waals surface area (Å²) < 4.78 is 5.69. The maximum atomic E-state index is 12.4. The maximum absolute atomic E-state index is 12.4. The van der Waals surface area contributed by atoms with E-state index in [-0.39, 0.29) is 18.0 Å². The van der Waals surface area contributed by atoms with Crippen LogP contribution in [0, 0.1) is 29.6 Å². The van der Waals surface area contributed by atoms with Crippen molar-refractivity contribution in [1.29, 1.82) is 0 Å². The van der Waals surface area contributed by atoms with Gasteiger partial charge < -0.3 is 4.74 Å². The Bertz CT molecular complexity index is 530. The number of ether oxygens (including phenoxy) is 1. The molecule has 0 radical (unpaired) electrons. The molecule has 0 amide bonds. The number of nitrogens with zero attached hydrogens (tertiary/aromatic N) is 1. The minimum absolute atomic E-state index is 0.0864. The van der Waals surface area contributed by atoms with Gasteiger partial charge in [-0.25, -0.2) is 0 Å². The summed E-state index contributed by atoms with van der Waals surface area (Å²) in [6.07, 6.45) is 15.5. The molecule has 140 valence electrons. The van der Waals surface area contributed by atoms with Crippen LogP contribution in [0.5, 0.6) is 0 Å². The Labute approximate surface area is 153 Å². The van der Waals surface area contributed by atoms with E-state index in [0.717, 1.165) is 18.3 Å². The van der Waals surface area contributed by atoms with Crippen LogP contribution < -0.4 is 0 Å². The molecule has 25 heavy (non-hydrogen) atoms. The monoisotopic (exact) mass is 345 g/mol. The molecule has 3 nitrogen and oxygen atoms in total. The van der Waals surface area contributed by atoms with Crippen molar-refractivity contribution < 1.29 is 9.53 Å². The van der Waals surface area contributed by atoms with Crippen LogP contribution in [0.2, 0.25) is 0 Å². The van der Waals surface area contributed by atoms with Crippen molar-refractivity contribution in [2.75, 3.05) is 7.05 Å². The van der Waals surface area contributed by atoms with Crippen LogP contribution in [0.3, 0.4) is 0 Å². The molecule has 0 aromatic carbocycles. The molecule has 1 unspecified atom stereocenters. The highest BCUT2D eigenvalue weighted by molar-refractivity contribution is 5.75. The molecular weight excluding hydrogens is 310 g/mol. The van der Waals surface area contributed by atoms with Gasteiger partial charge in [0, 0.05) is 18.0 Å². The number of likely N-dealkylation sites (N-methyl/N-ethyl adjacent to an activating group) is 1. The maximum Gasteiger partial charge on any atom is 0.309 e. The predicted molar refractivity (Wildman–Crippen MR) is 100 cm³/mol. The fourth-order valence-corrected chi connectivity index (χ4v) is 6.43. The van der Waals surface area contributed by atoms with Crippen LogP contribution in [0.1, 0.15) is 65.2 Å². The first-order chi connectivity index (χ1) is 12.1. The number of cyclic esters (lactones) is 1. The Balaban J connectivity index is 1.57. The Morgan fingerprint density at radius 2 is 1.84 bits per heavy atom. The van der Waals surface area contributed by atoms with E-state index in [9.17, 15) is 4.79 Å². The molecule has 0 bridgehead atoms. The zero-order chi connectivity index (χ0) is 17.6. The minimum atomic E-state index is 0.0864. The second-order valence-electron chi connectivity index (χ2n) is 9.24. The molecule has 0 aromatic heterocycles. The standard InChI is InChI=1S/C22H35NO2/c1-14-7-6-9-17(23(14)3)11-12-19-18-10-5-4-8-16(18)13-20-21(19)15(2)25-22(20)24/h11-12,14-21H,4-10,13H2,1-3H3/t14-,15-,16+,17?,18-,19+,20-,21+/m1/s1. The van der Waals surface area contributed by atoms with E-state index in [1.807, 2.05) is 0 Å². The van der Waals surface area contributed by atoms with E-state index < -0.39 is 0 Å². The zero-order valence-electron chi connectivity index (χ0n) is 16.2. The Morgan fingerprint density at radius 1 is 1.04 bits per heavy atom. The van der Waals surface area contributed by atoms with Crippen LogP contribution in [0.25, 0.3) is 0 Å². The zero-order valence-corrected chi connectivity index (χ0v) is 16.2. The normalized spacial score (nSPS) is 48.2. The van der Waals surface area contributed by atoms with E-state index in [1.165, 1.54) is 44.9 Å². The topological polar surface area (TPSA) is 29.5 Å². The van der Waals surface area contributed by atoms with E-state index in [4.69, 9.17) is 4.74 Å². The average molecular weight is 346 g/mol. The highest BCUT2D eigenvalue weighted by Crippen LogP contribution is 2.53. The number of esters is 1. The predicted octanol–water partition coefficient (Wildman–Crippen LogP) is 4.42. The summed E-state index contributed by atoms with van der Waals surface area (Å²) in [5.74, 6) is 2.71. The van der Waals surface area contributed by atoms with Crippen molar-refractivity contribution in [3.63, 3.8) is 0 Å². The third-order valence-corrected chi connectivity index (χ3v) is 7.97. The molecule has 2 saturated carbocycles. The van der Waals surface area contributed by atoms with Gasteiger partial charge in [-0.05, 0) is 64.3 Å². The van der Waals surface area contributed by atoms with Crippen molar-refractivity contribution in [2.24, 2.45) is 29.6 Å². The van der Waals surface area contributed by atoms with Crippen molar-refractivity contribution in [2.45, 2.75) is 83.4 Å². The van der Waals surface area contributed by atoms with E-state index in [2.05, 4.69) is 37.9 Å². The first kappa shape index (κ1) is 17.6. The average Bonchev–Trinajstić information content (AvgIpc) is 2.89. The summed E-state index contributed by atoms with van der Waals surface area (Å²) >= 11 is 0. The van der Waals surface area contributed by atoms with Crippen LogP contribution in [-0.4, -0.2) is 36.1 Å². The van der Waals surface area contributed by atoms with Crippen molar-refractivity contribution >= 4 is 5.97 Å². The summed E-state index contributed by atoms with van der Waals surface area (Å²) in [6.45, 7) is 4.47. The van der Waals surface area contributed by atoms with Gasteiger partial charge in [0.2, 0.25) is 0 Å². The van der Waals surface area contributed by atoms with Crippen molar-refractivity contribution in [3.8, 4) is 0 Å². The third kappa shape index (κ3) is 3.18. The number of rotatable bonds is 2. The molecule has 0 aromatic rings. The summed E-state index contributed by atoms with van der Waals surface area (Å²) in [5.41, 5.74) is 0. The second-order valence-corrected chi connectivity index (χ2v) is 9.24. The summed E-state index contributed by atoms with van der Waals surface area (Å²) in [6, 6.07) is 1.25. The molecule has 2 heterocycles. The summed E-state index contributed by atoms with van der Waals surface area (Å²) in [7, 11) is 2.27. The largest absolute Gasteiger partial charge is 0.462 e. The second kappa shape index (κ2) is 7.06. The van der Waals surface area contributed by atoms with Gasteiger partial charge in [-0.2, -0.15) is 0 Å².